The molecule has 1 aromatic carbocycles. The standard InChI is InChI=1S/C14H20N2O2/c15-12-4-6-13(7-5-12)18-11-8-14(17)16-9-2-1-3-10-16/h4-7H,1-3,8-11,15H2. The average Bonchev–Trinajstić information content (AvgIpc) is 2.42. The first-order valence-corrected chi connectivity index (χ1v) is 6.52. The Bertz CT molecular complexity index is 383. The third-order valence-corrected chi connectivity index (χ3v) is 3.17. The van der Waals surface area contributed by atoms with Gasteiger partial charge in [0.1, 0.15) is 5.75 Å². The lowest BCUT2D eigenvalue weighted by Gasteiger charge is -2.26. The Morgan fingerprint density at radius 2 is 1.83 bits per heavy atom. The Hall–Kier alpha value is -1.71. The van der Waals surface area contributed by atoms with Crippen LogP contribution < -0.4 is 10.5 Å². The van der Waals surface area contributed by atoms with Gasteiger partial charge in [0.25, 0.3) is 0 Å². The van der Waals surface area contributed by atoms with Gasteiger partial charge >= 0.3 is 0 Å². The van der Waals surface area contributed by atoms with Crippen LogP contribution in [0.4, 0.5) is 5.69 Å². The molecule has 0 unspecified atom stereocenters. The maximum atomic E-state index is 11.9. The lowest BCUT2D eigenvalue weighted by atomic mass is 10.1. The van der Waals surface area contributed by atoms with Crippen molar-refractivity contribution in [3.8, 4) is 5.75 Å². The molecular weight excluding hydrogens is 228 g/mol. The van der Waals surface area contributed by atoms with Crippen molar-refractivity contribution in [2.24, 2.45) is 0 Å². The number of nitrogens with two attached hydrogens (primary N) is 1. The Labute approximate surface area is 108 Å². The molecule has 1 aliphatic rings. The van der Waals surface area contributed by atoms with Crippen LogP contribution in [0.2, 0.25) is 0 Å². The van der Waals surface area contributed by atoms with Crippen molar-refractivity contribution in [3.05, 3.63) is 24.3 Å². The van der Waals surface area contributed by atoms with Crippen LogP contribution >= 0.6 is 0 Å². The maximum Gasteiger partial charge on any atom is 0.225 e. The monoisotopic (exact) mass is 248 g/mol. The molecule has 4 nitrogen and oxygen atoms in total. The highest BCUT2D eigenvalue weighted by Gasteiger charge is 2.15. The fourth-order valence-electron chi connectivity index (χ4n) is 2.12. The second-order valence-corrected chi connectivity index (χ2v) is 4.61. The molecule has 0 aliphatic carbocycles. The van der Waals surface area contributed by atoms with Gasteiger partial charge in [-0.2, -0.15) is 0 Å². The van der Waals surface area contributed by atoms with Gasteiger partial charge in [0.2, 0.25) is 5.91 Å². The van der Waals surface area contributed by atoms with E-state index >= 15 is 0 Å². The van der Waals surface area contributed by atoms with Gasteiger partial charge in [0.05, 0.1) is 13.0 Å². The normalized spacial score (nSPS) is 15.4. The molecule has 1 aromatic rings. The van der Waals surface area contributed by atoms with Crippen LogP contribution in [0.1, 0.15) is 25.7 Å². The second-order valence-electron chi connectivity index (χ2n) is 4.61. The van der Waals surface area contributed by atoms with Crippen molar-refractivity contribution < 1.29 is 9.53 Å². The topological polar surface area (TPSA) is 55.6 Å². The molecule has 0 aromatic heterocycles. The van der Waals surface area contributed by atoms with E-state index in [0.717, 1.165) is 31.7 Å². The van der Waals surface area contributed by atoms with E-state index in [1.165, 1.54) is 6.42 Å². The summed E-state index contributed by atoms with van der Waals surface area (Å²) in [5.41, 5.74) is 6.30. The average molecular weight is 248 g/mol. The van der Waals surface area contributed by atoms with Gasteiger partial charge < -0.3 is 15.4 Å². The number of hydrogen-bond donors (Lipinski definition) is 1. The quantitative estimate of drug-likeness (QED) is 0.830. The zero-order valence-corrected chi connectivity index (χ0v) is 10.6. The van der Waals surface area contributed by atoms with E-state index in [2.05, 4.69) is 0 Å². The third kappa shape index (κ3) is 3.65. The number of nitrogen functional groups attached to an aromatic ring is 1. The van der Waals surface area contributed by atoms with E-state index in [4.69, 9.17) is 10.5 Å². The van der Waals surface area contributed by atoms with Crippen molar-refractivity contribution in [1.29, 1.82) is 0 Å². The van der Waals surface area contributed by atoms with Crippen molar-refractivity contribution in [2.75, 3.05) is 25.4 Å². The molecule has 1 heterocycles. The molecule has 1 fully saturated rings. The van der Waals surface area contributed by atoms with E-state index in [0.29, 0.717) is 18.7 Å². The summed E-state index contributed by atoms with van der Waals surface area (Å²) in [6.45, 7) is 2.24. The highest BCUT2D eigenvalue weighted by Crippen LogP contribution is 2.14. The smallest absolute Gasteiger partial charge is 0.225 e. The van der Waals surface area contributed by atoms with Crippen molar-refractivity contribution in [2.45, 2.75) is 25.7 Å². The predicted molar refractivity (Wildman–Crippen MR) is 71.4 cm³/mol. The number of anilines is 1. The summed E-state index contributed by atoms with van der Waals surface area (Å²) in [5.74, 6) is 0.959. The van der Waals surface area contributed by atoms with Gasteiger partial charge in [-0.3, -0.25) is 4.79 Å². The number of carbonyl (C=O) groups excluding carboxylic acids is 1. The molecule has 2 rings (SSSR count). The van der Waals surface area contributed by atoms with E-state index in [-0.39, 0.29) is 5.91 Å². The molecule has 18 heavy (non-hydrogen) atoms. The zero-order chi connectivity index (χ0) is 12.8. The van der Waals surface area contributed by atoms with Crippen molar-refractivity contribution in [1.82, 2.24) is 4.90 Å². The number of nitrogens with zero attached hydrogens (tertiary/aromatic N) is 1. The first-order chi connectivity index (χ1) is 8.75. The number of piperidine rings is 1. The van der Waals surface area contributed by atoms with Crippen molar-refractivity contribution >= 4 is 11.6 Å². The van der Waals surface area contributed by atoms with Gasteiger partial charge in [-0.15, -0.1) is 0 Å². The van der Waals surface area contributed by atoms with Crippen LogP contribution in [-0.2, 0) is 4.79 Å². The Kier molecular flexibility index (Phi) is 4.45. The van der Waals surface area contributed by atoms with Crippen LogP contribution in [0, 0.1) is 0 Å². The molecular formula is C14H20N2O2. The number of rotatable bonds is 4. The fourth-order valence-corrected chi connectivity index (χ4v) is 2.12. The summed E-state index contributed by atoms with van der Waals surface area (Å²) >= 11 is 0. The number of benzene rings is 1. The second kappa shape index (κ2) is 6.28. The summed E-state index contributed by atoms with van der Waals surface area (Å²) in [5, 5.41) is 0. The number of hydrogen-bond acceptors (Lipinski definition) is 3. The zero-order valence-electron chi connectivity index (χ0n) is 10.6. The summed E-state index contributed by atoms with van der Waals surface area (Å²) in [4.78, 5) is 13.8. The number of likely N-dealkylation sites (tertiary alicyclic amines) is 1. The van der Waals surface area contributed by atoms with Gasteiger partial charge in [-0.05, 0) is 43.5 Å². The SMILES string of the molecule is Nc1ccc(OCCC(=O)N2CCCCC2)cc1. The molecule has 0 atom stereocenters. The van der Waals surface area contributed by atoms with Gasteiger partial charge in [0, 0.05) is 18.8 Å². The summed E-state index contributed by atoms with van der Waals surface area (Å²) in [6.07, 6.45) is 3.95. The number of ether oxygens (including phenoxy) is 1. The van der Waals surface area contributed by atoms with E-state index in [1.54, 1.807) is 12.1 Å². The highest BCUT2D eigenvalue weighted by atomic mass is 16.5. The molecule has 1 saturated heterocycles. The van der Waals surface area contributed by atoms with Gasteiger partial charge in [-0.1, -0.05) is 0 Å². The van der Waals surface area contributed by atoms with E-state index in [1.807, 2.05) is 17.0 Å². The minimum Gasteiger partial charge on any atom is -0.493 e. The molecule has 98 valence electrons. The summed E-state index contributed by atoms with van der Waals surface area (Å²) in [7, 11) is 0. The molecule has 0 spiro atoms. The van der Waals surface area contributed by atoms with E-state index < -0.39 is 0 Å². The minimum absolute atomic E-state index is 0.199. The third-order valence-electron chi connectivity index (χ3n) is 3.17. The molecule has 0 saturated carbocycles. The molecule has 4 heteroatoms. The molecule has 1 amide bonds. The highest BCUT2D eigenvalue weighted by molar-refractivity contribution is 5.76. The van der Waals surface area contributed by atoms with Crippen molar-refractivity contribution in [3.63, 3.8) is 0 Å². The molecule has 0 bridgehead atoms. The number of amides is 1. The van der Waals surface area contributed by atoms with Crippen LogP contribution in [0.3, 0.4) is 0 Å². The largest absolute Gasteiger partial charge is 0.493 e. The Morgan fingerprint density at radius 1 is 1.17 bits per heavy atom. The lowest BCUT2D eigenvalue weighted by molar-refractivity contribution is -0.132. The Morgan fingerprint density at radius 3 is 2.50 bits per heavy atom. The van der Waals surface area contributed by atoms with Crippen LogP contribution in [-0.4, -0.2) is 30.5 Å². The molecule has 0 radical (unpaired) electrons. The summed E-state index contributed by atoms with van der Waals surface area (Å²) < 4.78 is 5.52. The maximum absolute atomic E-state index is 11.9. The lowest BCUT2D eigenvalue weighted by Crippen LogP contribution is -2.36. The molecule has 1 aliphatic heterocycles. The number of carbonyl (C=O) groups is 1. The van der Waals surface area contributed by atoms with Gasteiger partial charge in [0.15, 0.2) is 0 Å². The first-order valence-electron chi connectivity index (χ1n) is 6.52. The first kappa shape index (κ1) is 12.7. The summed E-state index contributed by atoms with van der Waals surface area (Å²) in [6, 6.07) is 7.23. The van der Waals surface area contributed by atoms with E-state index in [9.17, 15) is 4.79 Å². The minimum atomic E-state index is 0.199. The Balaban J connectivity index is 1.71. The van der Waals surface area contributed by atoms with Crippen LogP contribution in [0.5, 0.6) is 5.75 Å². The predicted octanol–water partition coefficient (Wildman–Crippen LogP) is 2.05. The van der Waals surface area contributed by atoms with Gasteiger partial charge in [-0.25, -0.2) is 0 Å². The fraction of sp³-hybridized carbons (Fsp3) is 0.500. The molecule has 2 N–H and O–H groups in total. The van der Waals surface area contributed by atoms with Crippen LogP contribution in [0.15, 0.2) is 24.3 Å². The van der Waals surface area contributed by atoms with Crippen LogP contribution in [0.25, 0.3) is 0 Å².